The van der Waals surface area contributed by atoms with Gasteiger partial charge < -0.3 is 10.2 Å². The zero-order chi connectivity index (χ0) is 10.3. The molecule has 13 heavy (non-hydrogen) atoms. The molecular formula is C10H22N2O. The van der Waals surface area contributed by atoms with Gasteiger partial charge in [-0.2, -0.15) is 0 Å². The third kappa shape index (κ3) is 7.62. The van der Waals surface area contributed by atoms with Crippen LogP contribution in [-0.2, 0) is 0 Å². The molecule has 0 aliphatic rings. The summed E-state index contributed by atoms with van der Waals surface area (Å²) in [4.78, 5) is 12.6. The van der Waals surface area contributed by atoms with E-state index < -0.39 is 0 Å². The molecule has 0 spiro atoms. The van der Waals surface area contributed by atoms with Crippen LogP contribution in [-0.4, -0.2) is 31.6 Å². The number of carbonyl (C=O) groups is 1. The molecule has 0 unspecified atom stereocenters. The zero-order valence-electron chi connectivity index (χ0n) is 9.26. The summed E-state index contributed by atoms with van der Waals surface area (Å²) in [6, 6.07) is 0.00421. The fourth-order valence-electron chi connectivity index (χ4n) is 1.03. The first kappa shape index (κ1) is 12.3. The third-order valence-corrected chi connectivity index (χ3v) is 1.89. The van der Waals surface area contributed by atoms with Crippen LogP contribution in [0.4, 0.5) is 4.79 Å². The lowest BCUT2D eigenvalue weighted by molar-refractivity contribution is 0.217. The average molecular weight is 186 g/mol. The van der Waals surface area contributed by atoms with Gasteiger partial charge in [0.15, 0.2) is 0 Å². The minimum atomic E-state index is 0.00421. The highest BCUT2D eigenvalue weighted by Gasteiger charge is 2.00. The maximum atomic E-state index is 11.1. The van der Waals surface area contributed by atoms with Crippen LogP contribution in [0.5, 0.6) is 0 Å². The van der Waals surface area contributed by atoms with Gasteiger partial charge in [-0.15, -0.1) is 0 Å². The lowest BCUT2D eigenvalue weighted by atomic mass is 10.1. The smallest absolute Gasteiger partial charge is 0.316 e. The fraction of sp³-hybridized carbons (Fsp3) is 0.900. The quantitative estimate of drug-likeness (QED) is 0.655. The van der Waals surface area contributed by atoms with Crippen LogP contribution in [0.3, 0.4) is 0 Å². The molecule has 0 atom stereocenters. The van der Waals surface area contributed by atoms with Crippen molar-refractivity contribution in [2.75, 3.05) is 20.6 Å². The second kappa shape index (κ2) is 6.75. The molecule has 0 fully saturated rings. The Balaban J connectivity index is 3.21. The molecule has 0 aliphatic heterocycles. The van der Waals surface area contributed by atoms with Crippen molar-refractivity contribution in [1.82, 2.24) is 10.2 Å². The number of hydrogen-bond donors (Lipinski definition) is 1. The van der Waals surface area contributed by atoms with Crippen LogP contribution in [0.1, 0.15) is 33.1 Å². The van der Waals surface area contributed by atoms with E-state index in [1.807, 2.05) is 0 Å². The summed E-state index contributed by atoms with van der Waals surface area (Å²) >= 11 is 0. The Labute approximate surface area is 81.5 Å². The van der Waals surface area contributed by atoms with Gasteiger partial charge in [-0.05, 0) is 12.3 Å². The van der Waals surface area contributed by atoms with E-state index in [-0.39, 0.29) is 6.03 Å². The van der Waals surface area contributed by atoms with Crippen LogP contribution in [0, 0.1) is 5.92 Å². The molecule has 0 radical (unpaired) electrons. The van der Waals surface area contributed by atoms with Gasteiger partial charge in [0.1, 0.15) is 0 Å². The highest BCUT2D eigenvalue weighted by Crippen LogP contribution is 2.04. The number of unbranched alkanes of at least 4 members (excludes halogenated alkanes) is 1. The van der Waals surface area contributed by atoms with Gasteiger partial charge in [-0.3, -0.25) is 0 Å². The van der Waals surface area contributed by atoms with Gasteiger partial charge in [-0.25, -0.2) is 4.79 Å². The highest BCUT2D eigenvalue weighted by molar-refractivity contribution is 5.73. The van der Waals surface area contributed by atoms with Crippen molar-refractivity contribution >= 4 is 6.03 Å². The SMILES string of the molecule is CC(C)CCCCNC(=O)N(C)C. The second-order valence-electron chi connectivity index (χ2n) is 4.02. The Morgan fingerprint density at radius 3 is 2.38 bits per heavy atom. The molecule has 3 heteroatoms. The number of urea groups is 1. The van der Waals surface area contributed by atoms with Crippen molar-refractivity contribution < 1.29 is 4.79 Å². The molecular weight excluding hydrogens is 164 g/mol. The summed E-state index contributed by atoms with van der Waals surface area (Å²) in [6.07, 6.45) is 3.53. The molecule has 0 aromatic rings. The van der Waals surface area contributed by atoms with Crippen LogP contribution < -0.4 is 5.32 Å². The summed E-state index contributed by atoms with van der Waals surface area (Å²) in [5.74, 6) is 0.768. The Morgan fingerprint density at radius 2 is 1.92 bits per heavy atom. The molecule has 0 aliphatic carbocycles. The van der Waals surface area contributed by atoms with Gasteiger partial charge in [0.2, 0.25) is 0 Å². The van der Waals surface area contributed by atoms with Crippen molar-refractivity contribution in [3.8, 4) is 0 Å². The summed E-state index contributed by atoms with van der Waals surface area (Å²) in [6.45, 7) is 5.24. The van der Waals surface area contributed by atoms with Crippen LogP contribution >= 0.6 is 0 Å². The predicted octanol–water partition coefficient (Wildman–Crippen LogP) is 2.08. The van der Waals surface area contributed by atoms with Crippen LogP contribution in [0.2, 0.25) is 0 Å². The van der Waals surface area contributed by atoms with E-state index in [4.69, 9.17) is 0 Å². The number of rotatable bonds is 5. The molecule has 0 bridgehead atoms. The van der Waals surface area contributed by atoms with E-state index in [9.17, 15) is 4.79 Å². The van der Waals surface area contributed by atoms with E-state index >= 15 is 0 Å². The van der Waals surface area contributed by atoms with Crippen molar-refractivity contribution in [3.05, 3.63) is 0 Å². The normalized spacial score (nSPS) is 10.2. The molecule has 1 N–H and O–H groups in total. The topological polar surface area (TPSA) is 32.3 Å². The largest absolute Gasteiger partial charge is 0.338 e. The monoisotopic (exact) mass is 186 g/mol. The summed E-state index contributed by atoms with van der Waals surface area (Å²) < 4.78 is 0. The number of nitrogens with zero attached hydrogens (tertiary/aromatic N) is 1. The summed E-state index contributed by atoms with van der Waals surface area (Å²) in [5, 5.41) is 2.84. The molecule has 0 rings (SSSR count). The Bertz CT molecular complexity index is 144. The minimum absolute atomic E-state index is 0.00421. The van der Waals surface area contributed by atoms with Gasteiger partial charge in [0.25, 0.3) is 0 Å². The number of amides is 2. The summed E-state index contributed by atoms with van der Waals surface area (Å²) in [5.41, 5.74) is 0. The predicted molar refractivity (Wildman–Crippen MR) is 55.8 cm³/mol. The van der Waals surface area contributed by atoms with E-state index in [2.05, 4.69) is 19.2 Å². The standard InChI is InChI=1S/C10H22N2O/c1-9(2)7-5-6-8-11-10(13)12(3)4/h9H,5-8H2,1-4H3,(H,11,13). The van der Waals surface area contributed by atoms with Gasteiger partial charge >= 0.3 is 6.03 Å². The Morgan fingerprint density at radius 1 is 1.31 bits per heavy atom. The number of nitrogens with one attached hydrogen (secondary N) is 1. The number of carbonyl (C=O) groups excluding carboxylic acids is 1. The van der Waals surface area contributed by atoms with E-state index in [0.717, 1.165) is 18.9 Å². The van der Waals surface area contributed by atoms with Crippen LogP contribution in [0.25, 0.3) is 0 Å². The van der Waals surface area contributed by atoms with Crippen molar-refractivity contribution in [3.63, 3.8) is 0 Å². The van der Waals surface area contributed by atoms with Gasteiger partial charge in [0, 0.05) is 20.6 Å². The molecule has 0 saturated carbocycles. The molecule has 0 aromatic heterocycles. The first-order valence-electron chi connectivity index (χ1n) is 4.99. The fourth-order valence-corrected chi connectivity index (χ4v) is 1.03. The van der Waals surface area contributed by atoms with Gasteiger partial charge in [-0.1, -0.05) is 26.7 Å². The molecule has 0 saturated heterocycles. The first-order valence-corrected chi connectivity index (χ1v) is 4.99. The molecule has 78 valence electrons. The maximum Gasteiger partial charge on any atom is 0.316 e. The third-order valence-electron chi connectivity index (χ3n) is 1.89. The van der Waals surface area contributed by atoms with E-state index in [0.29, 0.717) is 0 Å². The number of hydrogen-bond acceptors (Lipinski definition) is 1. The van der Waals surface area contributed by atoms with Crippen molar-refractivity contribution in [2.45, 2.75) is 33.1 Å². The second-order valence-corrected chi connectivity index (χ2v) is 4.02. The maximum absolute atomic E-state index is 11.1. The molecule has 0 aromatic carbocycles. The van der Waals surface area contributed by atoms with Crippen molar-refractivity contribution in [1.29, 1.82) is 0 Å². The Hall–Kier alpha value is -0.730. The molecule has 0 heterocycles. The van der Waals surface area contributed by atoms with Crippen LogP contribution in [0.15, 0.2) is 0 Å². The van der Waals surface area contributed by atoms with Crippen molar-refractivity contribution in [2.24, 2.45) is 5.92 Å². The lowest BCUT2D eigenvalue weighted by Crippen LogP contribution is -2.34. The lowest BCUT2D eigenvalue weighted by Gasteiger charge is -2.11. The van der Waals surface area contributed by atoms with E-state index in [1.165, 1.54) is 12.8 Å². The highest BCUT2D eigenvalue weighted by atomic mass is 16.2. The van der Waals surface area contributed by atoms with E-state index in [1.54, 1.807) is 19.0 Å². The Kier molecular flexibility index (Phi) is 6.37. The van der Waals surface area contributed by atoms with Gasteiger partial charge in [0.05, 0.1) is 0 Å². The zero-order valence-corrected chi connectivity index (χ0v) is 9.26. The first-order chi connectivity index (χ1) is 6.04. The summed E-state index contributed by atoms with van der Waals surface area (Å²) in [7, 11) is 3.51. The molecule has 2 amide bonds. The minimum Gasteiger partial charge on any atom is -0.338 e. The molecule has 3 nitrogen and oxygen atoms in total. The average Bonchev–Trinajstić information content (AvgIpc) is 2.02.